The molecule has 0 atom stereocenters. The predicted molar refractivity (Wildman–Crippen MR) is 235 cm³/mol. The molecule has 0 amide bonds. The highest BCUT2D eigenvalue weighted by Crippen LogP contribution is 2.46. The standard InChI is InChI=1S/C53H34N4/c1-5-15-34(16-6-1)50-49-45-33-37(27-30-47(45)57(41-22-11-4-12-23-41)53(49)55-52(54-50)35-17-7-2-8-18-35)36-26-29-46-44(32-36)43-28-25-39-31-38-19-13-14-24-42(38)48(39)51(43)56(46)40-20-9-3-10-21-40/h1-30,32-33H,31H2. The molecule has 0 fully saturated rings. The summed E-state index contributed by atoms with van der Waals surface area (Å²) in [6.07, 6.45) is 0.959. The highest BCUT2D eigenvalue weighted by atomic mass is 15.1. The van der Waals surface area contributed by atoms with Gasteiger partial charge in [-0.15, -0.1) is 0 Å². The number of para-hydroxylation sites is 2. The molecule has 3 aromatic heterocycles. The highest BCUT2D eigenvalue weighted by molar-refractivity contribution is 6.17. The molecule has 3 heterocycles. The third-order valence-corrected chi connectivity index (χ3v) is 11.7. The number of nitrogens with zero attached hydrogens (tertiary/aromatic N) is 4. The summed E-state index contributed by atoms with van der Waals surface area (Å²) in [5.74, 6) is 0.705. The molecule has 4 nitrogen and oxygen atoms in total. The van der Waals surface area contributed by atoms with Crippen molar-refractivity contribution >= 4 is 43.7 Å². The number of aromatic nitrogens is 4. The van der Waals surface area contributed by atoms with Crippen molar-refractivity contribution in [1.29, 1.82) is 0 Å². The molecule has 12 rings (SSSR count). The van der Waals surface area contributed by atoms with E-state index in [-0.39, 0.29) is 0 Å². The van der Waals surface area contributed by atoms with Crippen molar-refractivity contribution in [2.75, 3.05) is 0 Å². The maximum atomic E-state index is 5.35. The Morgan fingerprint density at radius 3 is 1.68 bits per heavy atom. The molecule has 0 saturated carbocycles. The van der Waals surface area contributed by atoms with Gasteiger partial charge in [-0.1, -0.05) is 146 Å². The van der Waals surface area contributed by atoms with Crippen molar-refractivity contribution in [3.05, 3.63) is 205 Å². The van der Waals surface area contributed by atoms with Gasteiger partial charge in [-0.3, -0.25) is 4.57 Å². The van der Waals surface area contributed by atoms with Crippen LogP contribution in [-0.2, 0) is 6.42 Å². The van der Waals surface area contributed by atoms with Gasteiger partial charge >= 0.3 is 0 Å². The minimum atomic E-state index is 0.705. The van der Waals surface area contributed by atoms with Crippen LogP contribution in [0, 0.1) is 0 Å². The van der Waals surface area contributed by atoms with Crippen LogP contribution in [0.3, 0.4) is 0 Å². The Balaban J connectivity index is 1.13. The number of benzene rings is 8. The van der Waals surface area contributed by atoms with Gasteiger partial charge < -0.3 is 4.57 Å². The van der Waals surface area contributed by atoms with E-state index in [1.54, 1.807) is 0 Å². The van der Waals surface area contributed by atoms with Crippen LogP contribution in [0.1, 0.15) is 11.1 Å². The lowest BCUT2D eigenvalue weighted by Gasteiger charge is -2.11. The van der Waals surface area contributed by atoms with Crippen LogP contribution in [0.4, 0.5) is 0 Å². The second kappa shape index (κ2) is 12.5. The van der Waals surface area contributed by atoms with Gasteiger partial charge in [0.25, 0.3) is 0 Å². The van der Waals surface area contributed by atoms with Gasteiger partial charge in [0.2, 0.25) is 0 Å². The monoisotopic (exact) mass is 726 g/mol. The van der Waals surface area contributed by atoms with Gasteiger partial charge in [-0.05, 0) is 82.8 Å². The van der Waals surface area contributed by atoms with Gasteiger partial charge in [-0.25, -0.2) is 9.97 Å². The van der Waals surface area contributed by atoms with E-state index in [9.17, 15) is 0 Å². The van der Waals surface area contributed by atoms with Crippen molar-refractivity contribution < 1.29 is 0 Å². The predicted octanol–water partition coefficient (Wildman–Crippen LogP) is 13.2. The van der Waals surface area contributed by atoms with Crippen molar-refractivity contribution in [2.24, 2.45) is 0 Å². The fourth-order valence-corrected chi connectivity index (χ4v) is 9.19. The topological polar surface area (TPSA) is 35.6 Å². The molecule has 266 valence electrons. The molecular formula is C53H34N4. The quantitative estimate of drug-likeness (QED) is 0.177. The van der Waals surface area contributed by atoms with Crippen LogP contribution >= 0.6 is 0 Å². The Labute approximate surface area is 329 Å². The summed E-state index contributed by atoms with van der Waals surface area (Å²) in [4.78, 5) is 10.7. The Bertz CT molecular complexity index is 3340. The fraction of sp³-hybridized carbons (Fsp3) is 0.0189. The molecule has 0 aliphatic heterocycles. The van der Waals surface area contributed by atoms with Crippen LogP contribution in [0.5, 0.6) is 0 Å². The third kappa shape index (κ3) is 4.87. The normalized spacial score (nSPS) is 12.1. The van der Waals surface area contributed by atoms with Crippen molar-refractivity contribution in [2.45, 2.75) is 6.42 Å². The fourth-order valence-electron chi connectivity index (χ4n) is 9.19. The first kappa shape index (κ1) is 31.8. The molecule has 0 N–H and O–H groups in total. The average molecular weight is 727 g/mol. The van der Waals surface area contributed by atoms with Gasteiger partial charge in [0, 0.05) is 44.2 Å². The van der Waals surface area contributed by atoms with Crippen molar-refractivity contribution in [3.8, 4) is 56.3 Å². The second-order valence-electron chi connectivity index (χ2n) is 15.0. The summed E-state index contributed by atoms with van der Waals surface area (Å²) in [6.45, 7) is 0. The van der Waals surface area contributed by atoms with Gasteiger partial charge in [0.05, 0.1) is 27.6 Å². The Kier molecular flexibility index (Phi) is 6.96. The van der Waals surface area contributed by atoms with E-state index >= 15 is 0 Å². The first-order chi connectivity index (χ1) is 28.3. The summed E-state index contributed by atoms with van der Waals surface area (Å²) < 4.78 is 4.77. The van der Waals surface area contributed by atoms with Gasteiger partial charge in [-0.2, -0.15) is 0 Å². The number of hydrogen-bond acceptors (Lipinski definition) is 2. The van der Waals surface area contributed by atoms with E-state index in [4.69, 9.17) is 9.97 Å². The Hall–Kier alpha value is -7.56. The molecule has 8 aromatic carbocycles. The van der Waals surface area contributed by atoms with Crippen LogP contribution in [0.25, 0.3) is 100 Å². The van der Waals surface area contributed by atoms with E-state index in [2.05, 4.69) is 185 Å². The molecule has 0 unspecified atom stereocenters. The van der Waals surface area contributed by atoms with Crippen LogP contribution in [0.15, 0.2) is 194 Å². The second-order valence-corrected chi connectivity index (χ2v) is 15.0. The van der Waals surface area contributed by atoms with Crippen LogP contribution < -0.4 is 0 Å². The van der Waals surface area contributed by atoms with Crippen molar-refractivity contribution in [1.82, 2.24) is 19.1 Å². The third-order valence-electron chi connectivity index (χ3n) is 11.7. The summed E-state index contributed by atoms with van der Waals surface area (Å²) in [5.41, 5.74) is 17.4. The lowest BCUT2D eigenvalue weighted by molar-refractivity contribution is 1.11. The largest absolute Gasteiger partial charge is 0.309 e. The van der Waals surface area contributed by atoms with E-state index in [0.717, 1.165) is 56.4 Å². The Morgan fingerprint density at radius 2 is 0.982 bits per heavy atom. The summed E-state index contributed by atoms with van der Waals surface area (Å²) in [6, 6.07) is 69.6. The molecule has 0 saturated heterocycles. The molecule has 4 heteroatoms. The SMILES string of the molecule is c1ccc(-c2nc(-c3ccccc3)c3c4cc(-c5ccc6c(c5)c5ccc7c(c5n6-c5ccccc5)-c5ccccc5C7)ccc4n(-c4ccccc4)c3n2)cc1. The molecular weight excluding hydrogens is 693 g/mol. The van der Waals surface area contributed by atoms with Gasteiger partial charge in [0.1, 0.15) is 5.65 Å². The van der Waals surface area contributed by atoms with E-state index in [1.165, 1.54) is 55.3 Å². The van der Waals surface area contributed by atoms with E-state index in [1.807, 2.05) is 18.2 Å². The highest BCUT2D eigenvalue weighted by Gasteiger charge is 2.26. The van der Waals surface area contributed by atoms with E-state index < -0.39 is 0 Å². The number of hydrogen-bond donors (Lipinski definition) is 0. The lowest BCUT2D eigenvalue weighted by atomic mass is 9.98. The zero-order chi connectivity index (χ0) is 37.5. The van der Waals surface area contributed by atoms with Crippen molar-refractivity contribution in [3.63, 3.8) is 0 Å². The van der Waals surface area contributed by atoms with Crippen LogP contribution in [0.2, 0.25) is 0 Å². The lowest BCUT2D eigenvalue weighted by Crippen LogP contribution is -1.99. The zero-order valence-corrected chi connectivity index (χ0v) is 31.0. The first-order valence-electron chi connectivity index (χ1n) is 19.6. The van der Waals surface area contributed by atoms with E-state index in [0.29, 0.717) is 5.82 Å². The maximum absolute atomic E-state index is 5.35. The molecule has 0 radical (unpaired) electrons. The Morgan fingerprint density at radius 1 is 0.404 bits per heavy atom. The molecule has 1 aliphatic rings. The average Bonchev–Trinajstić information content (AvgIpc) is 3.94. The summed E-state index contributed by atoms with van der Waals surface area (Å²) >= 11 is 0. The molecule has 0 bridgehead atoms. The minimum Gasteiger partial charge on any atom is -0.309 e. The molecule has 57 heavy (non-hydrogen) atoms. The van der Waals surface area contributed by atoms with Crippen LogP contribution in [-0.4, -0.2) is 19.1 Å². The minimum absolute atomic E-state index is 0.705. The summed E-state index contributed by atoms with van der Waals surface area (Å²) in [7, 11) is 0. The zero-order valence-electron chi connectivity index (χ0n) is 31.0. The first-order valence-corrected chi connectivity index (χ1v) is 19.6. The number of fused-ring (bicyclic) bond motifs is 10. The van der Waals surface area contributed by atoms with Gasteiger partial charge in [0.15, 0.2) is 5.82 Å². The maximum Gasteiger partial charge on any atom is 0.162 e. The number of rotatable bonds is 5. The summed E-state index contributed by atoms with van der Waals surface area (Å²) in [5, 5.41) is 4.66. The molecule has 1 aliphatic carbocycles. The smallest absolute Gasteiger partial charge is 0.162 e. The molecule has 11 aromatic rings. The molecule has 0 spiro atoms.